The van der Waals surface area contributed by atoms with Crippen LogP contribution < -0.4 is 5.32 Å². The van der Waals surface area contributed by atoms with Crippen LogP contribution in [0.25, 0.3) is 0 Å². The number of nitrogens with one attached hydrogen (secondary N) is 1. The van der Waals surface area contributed by atoms with E-state index in [1.807, 2.05) is 5.32 Å². The van der Waals surface area contributed by atoms with Gasteiger partial charge in [-0.2, -0.15) is 4.31 Å². The molecule has 0 aromatic carbocycles. The van der Waals surface area contributed by atoms with Gasteiger partial charge in [0.05, 0.1) is 6.54 Å². The molecule has 0 aliphatic carbocycles. The largest absolute Gasteiger partial charge is 0.294 e. The van der Waals surface area contributed by atoms with E-state index in [4.69, 9.17) is 0 Å². The number of carbonyl (C=O) groups is 2. The van der Waals surface area contributed by atoms with E-state index in [2.05, 4.69) is 4.98 Å². The number of halogens is 1. The molecule has 7 nitrogen and oxygen atoms in total. The van der Waals surface area contributed by atoms with Crippen molar-refractivity contribution >= 4 is 21.8 Å². The van der Waals surface area contributed by atoms with E-state index in [9.17, 15) is 22.4 Å². The lowest BCUT2D eigenvalue weighted by Crippen LogP contribution is -2.58. The highest BCUT2D eigenvalue weighted by Crippen LogP contribution is 2.20. The molecule has 2 rings (SSSR count). The highest BCUT2D eigenvalue weighted by Gasteiger charge is 2.40. The molecule has 1 aliphatic heterocycles. The molecule has 1 fully saturated rings. The van der Waals surface area contributed by atoms with Crippen LogP contribution in [0.3, 0.4) is 0 Å². The van der Waals surface area contributed by atoms with Gasteiger partial charge in [0.1, 0.15) is 6.04 Å². The number of hydrogen-bond acceptors (Lipinski definition) is 5. The fourth-order valence-corrected chi connectivity index (χ4v) is 3.19. The minimum atomic E-state index is -4.34. The molecule has 1 aromatic heterocycles. The summed E-state index contributed by atoms with van der Waals surface area (Å²) in [6.07, 6.45) is 1.12. The van der Waals surface area contributed by atoms with Crippen LogP contribution in [0.4, 0.5) is 4.39 Å². The number of aromatic nitrogens is 1. The van der Waals surface area contributed by atoms with Gasteiger partial charge in [-0.15, -0.1) is 0 Å². The Balaban J connectivity index is 2.47. The van der Waals surface area contributed by atoms with Gasteiger partial charge in [-0.1, -0.05) is 0 Å². The number of nitrogens with zero attached hydrogens (tertiary/aromatic N) is 2. The predicted octanol–water partition coefficient (Wildman–Crippen LogP) is -0.744. The van der Waals surface area contributed by atoms with Gasteiger partial charge >= 0.3 is 0 Å². The summed E-state index contributed by atoms with van der Waals surface area (Å²) in [5, 5.41) is 1.20. The van der Waals surface area contributed by atoms with E-state index >= 15 is 0 Å². The second kappa shape index (κ2) is 4.67. The Morgan fingerprint density at radius 1 is 1.47 bits per heavy atom. The van der Waals surface area contributed by atoms with E-state index in [0.717, 1.165) is 12.3 Å². The first-order valence-electron chi connectivity index (χ1n) is 5.30. The Labute approximate surface area is 108 Å². The summed E-state index contributed by atoms with van der Waals surface area (Å²) in [5.74, 6) is -2.55. The zero-order valence-electron chi connectivity index (χ0n) is 9.83. The van der Waals surface area contributed by atoms with Crippen molar-refractivity contribution in [1.29, 1.82) is 0 Å². The number of piperazine rings is 1. The fraction of sp³-hybridized carbons (Fsp3) is 0.300. The second-order valence-corrected chi connectivity index (χ2v) is 5.73. The molecular formula is C10H10FN3O4S. The molecule has 1 saturated heterocycles. The Hall–Kier alpha value is -1.87. The summed E-state index contributed by atoms with van der Waals surface area (Å²) in [6, 6.07) is 1.08. The molecule has 1 atom stereocenters. The lowest BCUT2D eigenvalue weighted by Gasteiger charge is -2.30. The Bertz CT molecular complexity index is 646. The van der Waals surface area contributed by atoms with Gasteiger partial charge in [-0.3, -0.25) is 14.9 Å². The molecular weight excluding hydrogens is 277 g/mol. The van der Waals surface area contributed by atoms with E-state index in [1.54, 1.807) is 0 Å². The van der Waals surface area contributed by atoms with Gasteiger partial charge in [-0.05, 0) is 19.1 Å². The number of imide groups is 1. The molecule has 0 spiro atoms. The maximum absolute atomic E-state index is 13.5. The van der Waals surface area contributed by atoms with Crippen molar-refractivity contribution in [2.45, 2.75) is 18.0 Å². The second-order valence-electron chi connectivity index (χ2n) is 3.93. The van der Waals surface area contributed by atoms with Crippen molar-refractivity contribution < 1.29 is 22.4 Å². The molecule has 0 radical (unpaired) electrons. The number of pyridine rings is 1. The van der Waals surface area contributed by atoms with Crippen LogP contribution in [0.1, 0.15) is 6.92 Å². The van der Waals surface area contributed by atoms with Crippen LogP contribution in [0, 0.1) is 5.82 Å². The molecule has 1 N–H and O–H groups in total. The minimum absolute atomic E-state index is 0.550. The van der Waals surface area contributed by atoms with Crippen LogP contribution in [-0.2, 0) is 19.6 Å². The molecule has 0 bridgehead atoms. The standard InChI is InChI=1S/C10H10FN3O4S/c1-6-9(16)13-8(15)5-14(6)19(17,18)10-7(11)3-2-4-12-10/h2-4,6H,5H2,1H3,(H,13,15,16). The van der Waals surface area contributed by atoms with Gasteiger partial charge in [0.2, 0.25) is 16.8 Å². The molecule has 0 saturated carbocycles. The van der Waals surface area contributed by atoms with E-state index in [1.165, 1.54) is 13.0 Å². The van der Waals surface area contributed by atoms with Crippen molar-refractivity contribution in [3.8, 4) is 0 Å². The van der Waals surface area contributed by atoms with Gasteiger partial charge in [0.25, 0.3) is 10.0 Å². The molecule has 1 aliphatic rings. The van der Waals surface area contributed by atoms with Crippen molar-refractivity contribution in [3.05, 3.63) is 24.1 Å². The number of amides is 2. The summed E-state index contributed by atoms with van der Waals surface area (Å²) in [5.41, 5.74) is 0. The lowest BCUT2D eigenvalue weighted by atomic mass is 10.2. The molecule has 102 valence electrons. The SMILES string of the molecule is CC1C(=O)NC(=O)CN1S(=O)(=O)c1ncccc1F. The average molecular weight is 287 g/mol. The van der Waals surface area contributed by atoms with Gasteiger partial charge < -0.3 is 0 Å². The zero-order chi connectivity index (χ0) is 14.2. The molecule has 1 unspecified atom stereocenters. The molecule has 1 aromatic rings. The first-order chi connectivity index (χ1) is 8.84. The van der Waals surface area contributed by atoms with Crippen LogP contribution in [-0.4, -0.2) is 42.1 Å². The predicted molar refractivity (Wildman–Crippen MR) is 60.7 cm³/mol. The summed E-state index contributed by atoms with van der Waals surface area (Å²) in [6.45, 7) is 0.755. The van der Waals surface area contributed by atoms with Gasteiger partial charge in [0, 0.05) is 6.20 Å². The number of hydrogen-bond donors (Lipinski definition) is 1. The van der Waals surface area contributed by atoms with E-state index in [-0.39, 0.29) is 0 Å². The maximum Gasteiger partial charge on any atom is 0.264 e. The lowest BCUT2D eigenvalue weighted by molar-refractivity contribution is -0.136. The molecule has 9 heteroatoms. The molecule has 2 heterocycles. The molecule has 2 amide bonds. The highest BCUT2D eigenvalue weighted by molar-refractivity contribution is 7.89. The molecule has 19 heavy (non-hydrogen) atoms. The summed E-state index contributed by atoms with van der Waals surface area (Å²) in [4.78, 5) is 26.1. The third-order valence-electron chi connectivity index (χ3n) is 2.65. The summed E-state index contributed by atoms with van der Waals surface area (Å²) >= 11 is 0. The monoisotopic (exact) mass is 287 g/mol. The Morgan fingerprint density at radius 2 is 2.16 bits per heavy atom. The van der Waals surface area contributed by atoms with Crippen molar-refractivity contribution in [2.75, 3.05) is 6.54 Å². The average Bonchev–Trinajstić information content (AvgIpc) is 2.34. The smallest absolute Gasteiger partial charge is 0.264 e. The topological polar surface area (TPSA) is 96.4 Å². The Morgan fingerprint density at radius 3 is 2.79 bits per heavy atom. The normalized spacial score (nSPS) is 21.3. The van der Waals surface area contributed by atoms with E-state index < -0.39 is 45.3 Å². The minimum Gasteiger partial charge on any atom is -0.294 e. The van der Waals surface area contributed by atoms with Crippen LogP contribution in [0.5, 0.6) is 0 Å². The summed E-state index contributed by atoms with van der Waals surface area (Å²) in [7, 11) is -4.34. The summed E-state index contributed by atoms with van der Waals surface area (Å²) < 4.78 is 38.5. The third kappa shape index (κ3) is 2.34. The van der Waals surface area contributed by atoms with Crippen LogP contribution in [0.2, 0.25) is 0 Å². The third-order valence-corrected chi connectivity index (χ3v) is 4.50. The van der Waals surface area contributed by atoms with Gasteiger partial charge in [0.15, 0.2) is 5.82 Å². The number of rotatable bonds is 2. The van der Waals surface area contributed by atoms with Crippen molar-refractivity contribution in [1.82, 2.24) is 14.6 Å². The Kier molecular flexibility index (Phi) is 3.33. The first-order valence-corrected chi connectivity index (χ1v) is 6.74. The number of sulfonamides is 1. The quantitative estimate of drug-likeness (QED) is 0.722. The fourth-order valence-electron chi connectivity index (χ4n) is 1.66. The van der Waals surface area contributed by atoms with Crippen molar-refractivity contribution in [3.63, 3.8) is 0 Å². The van der Waals surface area contributed by atoms with Gasteiger partial charge in [-0.25, -0.2) is 17.8 Å². The first kappa shape index (κ1) is 13.6. The van der Waals surface area contributed by atoms with Crippen LogP contribution in [0.15, 0.2) is 23.4 Å². The van der Waals surface area contributed by atoms with E-state index in [0.29, 0.717) is 4.31 Å². The van der Waals surface area contributed by atoms with Crippen LogP contribution >= 0.6 is 0 Å². The maximum atomic E-state index is 13.5. The van der Waals surface area contributed by atoms with Crippen molar-refractivity contribution in [2.24, 2.45) is 0 Å². The zero-order valence-corrected chi connectivity index (χ0v) is 10.6. The number of carbonyl (C=O) groups excluding carboxylic acids is 2. The highest BCUT2D eigenvalue weighted by atomic mass is 32.2.